The van der Waals surface area contributed by atoms with Gasteiger partial charge in [0.15, 0.2) is 0 Å². The quantitative estimate of drug-likeness (QED) is 0.692. The molecule has 3 nitrogen and oxygen atoms in total. The first-order chi connectivity index (χ1) is 8.80. The van der Waals surface area contributed by atoms with Gasteiger partial charge in [-0.05, 0) is 24.9 Å². The van der Waals surface area contributed by atoms with E-state index in [1.807, 2.05) is 37.4 Å². The maximum absolute atomic E-state index is 9.71. The molecule has 1 unspecified atom stereocenters. The van der Waals surface area contributed by atoms with E-state index in [1.165, 1.54) is 12.8 Å². The molecular weight excluding hydrogens is 226 g/mol. The lowest BCUT2D eigenvalue weighted by atomic mass is 9.92. The van der Waals surface area contributed by atoms with Gasteiger partial charge in [-0.15, -0.1) is 0 Å². The number of hydrogen-bond acceptors (Lipinski definition) is 3. The van der Waals surface area contributed by atoms with Crippen LogP contribution < -0.4 is 5.32 Å². The lowest BCUT2D eigenvalue weighted by Crippen LogP contribution is -2.47. The summed E-state index contributed by atoms with van der Waals surface area (Å²) in [5.74, 6) is 0.889. The molecule has 1 atom stereocenters. The van der Waals surface area contributed by atoms with Crippen LogP contribution in [0.2, 0.25) is 0 Å². The van der Waals surface area contributed by atoms with E-state index in [2.05, 4.69) is 5.32 Å². The summed E-state index contributed by atoms with van der Waals surface area (Å²) in [5, 5.41) is 12.9. The first-order valence-corrected chi connectivity index (χ1v) is 6.74. The maximum Gasteiger partial charge on any atom is 0.0903 e. The Balaban J connectivity index is 1.92. The number of aliphatic hydroxyl groups is 1. The molecule has 2 N–H and O–H groups in total. The lowest BCUT2D eigenvalue weighted by Gasteiger charge is -2.32. The number of nitrogens with one attached hydrogen (secondary N) is 1. The molecule has 0 amide bonds. The van der Waals surface area contributed by atoms with Crippen molar-refractivity contribution in [1.82, 2.24) is 5.32 Å². The van der Waals surface area contributed by atoms with Gasteiger partial charge in [-0.3, -0.25) is 0 Å². The standard InChI is InChI=1S/C15H23NO2/c1-16-15(11-17,14-5-3-2-4-6-14)12-18-10-9-13-7-8-13/h2-6,13,16-17H,7-12H2,1H3. The van der Waals surface area contributed by atoms with Crippen LogP contribution in [0.3, 0.4) is 0 Å². The van der Waals surface area contributed by atoms with E-state index in [4.69, 9.17) is 4.74 Å². The summed E-state index contributed by atoms with van der Waals surface area (Å²) in [6, 6.07) is 10.0. The van der Waals surface area contributed by atoms with Gasteiger partial charge in [0.2, 0.25) is 0 Å². The minimum absolute atomic E-state index is 0.0386. The van der Waals surface area contributed by atoms with Crippen LogP contribution in [0.1, 0.15) is 24.8 Å². The monoisotopic (exact) mass is 249 g/mol. The number of hydrogen-bond donors (Lipinski definition) is 2. The molecule has 1 aliphatic carbocycles. The van der Waals surface area contributed by atoms with Gasteiger partial charge < -0.3 is 15.2 Å². The summed E-state index contributed by atoms with van der Waals surface area (Å²) >= 11 is 0. The van der Waals surface area contributed by atoms with Gasteiger partial charge >= 0.3 is 0 Å². The average Bonchev–Trinajstić information content (AvgIpc) is 3.25. The number of likely N-dealkylation sites (N-methyl/N-ethyl adjacent to an activating group) is 1. The van der Waals surface area contributed by atoms with Crippen LogP contribution in [0.4, 0.5) is 0 Å². The van der Waals surface area contributed by atoms with Crippen molar-refractivity contribution in [1.29, 1.82) is 0 Å². The Morgan fingerprint density at radius 3 is 2.61 bits per heavy atom. The Morgan fingerprint density at radius 2 is 2.06 bits per heavy atom. The highest BCUT2D eigenvalue weighted by atomic mass is 16.5. The molecule has 1 aromatic carbocycles. The number of aliphatic hydroxyl groups excluding tert-OH is 1. The summed E-state index contributed by atoms with van der Waals surface area (Å²) in [6.07, 6.45) is 3.87. The Hall–Kier alpha value is -0.900. The molecule has 2 rings (SSSR count). The average molecular weight is 249 g/mol. The van der Waals surface area contributed by atoms with Crippen LogP contribution in [0.25, 0.3) is 0 Å². The summed E-state index contributed by atoms with van der Waals surface area (Å²) in [4.78, 5) is 0. The predicted octanol–water partition coefficient (Wildman–Crippen LogP) is 1.91. The number of ether oxygens (including phenoxy) is 1. The highest BCUT2D eigenvalue weighted by Crippen LogP contribution is 2.32. The van der Waals surface area contributed by atoms with Crippen LogP contribution in [0.5, 0.6) is 0 Å². The molecule has 100 valence electrons. The predicted molar refractivity (Wildman–Crippen MR) is 72.4 cm³/mol. The van der Waals surface area contributed by atoms with Crippen molar-refractivity contribution in [3.05, 3.63) is 35.9 Å². The Bertz CT molecular complexity index is 345. The minimum Gasteiger partial charge on any atom is -0.394 e. The third-order valence-corrected chi connectivity index (χ3v) is 3.79. The van der Waals surface area contributed by atoms with E-state index in [1.54, 1.807) is 0 Å². The fourth-order valence-electron chi connectivity index (χ4n) is 2.18. The Labute approximate surface area is 109 Å². The van der Waals surface area contributed by atoms with Crippen LogP contribution in [-0.2, 0) is 10.3 Å². The van der Waals surface area contributed by atoms with Gasteiger partial charge in [0.25, 0.3) is 0 Å². The smallest absolute Gasteiger partial charge is 0.0903 e. The molecule has 0 heterocycles. The van der Waals surface area contributed by atoms with E-state index >= 15 is 0 Å². The van der Waals surface area contributed by atoms with Crippen molar-refractivity contribution in [3.8, 4) is 0 Å². The SMILES string of the molecule is CNC(CO)(COCCC1CC1)c1ccccc1. The number of rotatable bonds is 8. The number of benzene rings is 1. The van der Waals surface area contributed by atoms with Crippen LogP contribution in [-0.4, -0.2) is 32.0 Å². The summed E-state index contributed by atoms with van der Waals surface area (Å²) in [5.41, 5.74) is 0.589. The summed E-state index contributed by atoms with van der Waals surface area (Å²) < 4.78 is 5.76. The second-order valence-electron chi connectivity index (χ2n) is 5.14. The Morgan fingerprint density at radius 1 is 1.33 bits per heavy atom. The molecule has 1 aliphatic rings. The van der Waals surface area contributed by atoms with Gasteiger partial charge in [0.05, 0.1) is 18.8 Å². The maximum atomic E-state index is 9.71. The molecule has 0 saturated heterocycles. The molecule has 3 heteroatoms. The van der Waals surface area contributed by atoms with Crippen molar-refractivity contribution in [3.63, 3.8) is 0 Å². The molecule has 18 heavy (non-hydrogen) atoms. The van der Waals surface area contributed by atoms with Crippen molar-refractivity contribution < 1.29 is 9.84 Å². The third-order valence-electron chi connectivity index (χ3n) is 3.79. The zero-order chi connectivity index (χ0) is 12.8. The molecule has 1 aromatic rings. The summed E-state index contributed by atoms with van der Waals surface area (Å²) in [6.45, 7) is 1.34. The fourth-order valence-corrected chi connectivity index (χ4v) is 2.18. The van der Waals surface area contributed by atoms with Crippen molar-refractivity contribution in [2.45, 2.75) is 24.8 Å². The van der Waals surface area contributed by atoms with E-state index in [0.29, 0.717) is 6.61 Å². The molecule has 1 fully saturated rings. The largest absolute Gasteiger partial charge is 0.394 e. The van der Waals surface area contributed by atoms with Crippen LogP contribution >= 0.6 is 0 Å². The highest BCUT2D eigenvalue weighted by Gasteiger charge is 2.30. The second kappa shape index (κ2) is 6.32. The summed E-state index contributed by atoms with van der Waals surface area (Å²) in [7, 11) is 1.87. The van der Waals surface area contributed by atoms with Gasteiger partial charge in [-0.25, -0.2) is 0 Å². The van der Waals surface area contributed by atoms with Gasteiger partial charge in [-0.1, -0.05) is 43.2 Å². The van der Waals surface area contributed by atoms with Crippen LogP contribution in [0, 0.1) is 5.92 Å². The van der Waals surface area contributed by atoms with Crippen molar-refractivity contribution in [2.24, 2.45) is 5.92 Å². The van der Waals surface area contributed by atoms with Crippen LogP contribution in [0.15, 0.2) is 30.3 Å². The highest BCUT2D eigenvalue weighted by molar-refractivity contribution is 5.24. The molecule has 1 saturated carbocycles. The van der Waals surface area contributed by atoms with Gasteiger partial charge in [0.1, 0.15) is 0 Å². The molecule has 0 bridgehead atoms. The minimum atomic E-state index is -0.481. The van der Waals surface area contributed by atoms with Crippen molar-refractivity contribution in [2.75, 3.05) is 26.9 Å². The molecular formula is C15H23NO2. The Kier molecular flexibility index (Phi) is 4.75. The van der Waals surface area contributed by atoms with Gasteiger partial charge in [0, 0.05) is 6.61 Å². The van der Waals surface area contributed by atoms with E-state index in [0.717, 1.165) is 24.5 Å². The first-order valence-electron chi connectivity index (χ1n) is 6.74. The first kappa shape index (κ1) is 13.5. The molecule has 0 radical (unpaired) electrons. The van der Waals surface area contributed by atoms with Crippen molar-refractivity contribution >= 4 is 0 Å². The zero-order valence-corrected chi connectivity index (χ0v) is 11.1. The van der Waals surface area contributed by atoms with E-state index in [-0.39, 0.29) is 6.61 Å². The van der Waals surface area contributed by atoms with E-state index < -0.39 is 5.54 Å². The van der Waals surface area contributed by atoms with Gasteiger partial charge in [-0.2, -0.15) is 0 Å². The third kappa shape index (κ3) is 3.31. The topological polar surface area (TPSA) is 41.5 Å². The molecule has 0 aliphatic heterocycles. The second-order valence-corrected chi connectivity index (χ2v) is 5.14. The fraction of sp³-hybridized carbons (Fsp3) is 0.600. The van der Waals surface area contributed by atoms with E-state index in [9.17, 15) is 5.11 Å². The zero-order valence-electron chi connectivity index (χ0n) is 11.1. The lowest BCUT2D eigenvalue weighted by molar-refractivity contribution is 0.0350. The normalized spacial score (nSPS) is 18.6. The molecule has 0 aromatic heterocycles. The molecule has 0 spiro atoms.